The van der Waals surface area contributed by atoms with Crippen LogP contribution < -0.4 is 5.73 Å². The number of nitrogens with zero attached hydrogens (tertiary/aromatic N) is 4. The number of carbonyl (C=O) groups excluding carboxylic acids is 1. The smallest absolute Gasteiger partial charge is 0.255 e. The molecule has 0 radical (unpaired) electrons. The molecule has 1 amide bonds. The topological polar surface area (TPSA) is 77.0 Å². The number of piperidine rings is 1. The standard InChI is InChI=1S/C16H21N5O/c1-11-9-12(2)21(19-11)15-4-3-13(10-18-15)16(22)20-7-5-14(17)6-8-20/h3-4,9-10,14H,5-8,17H2,1-2H3. The maximum absolute atomic E-state index is 12.4. The molecule has 0 atom stereocenters. The minimum atomic E-state index is 0.0271. The van der Waals surface area contributed by atoms with Crippen molar-refractivity contribution in [3.8, 4) is 5.82 Å². The number of rotatable bonds is 2. The van der Waals surface area contributed by atoms with Crippen molar-refractivity contribution in [2.45, 2.75) is 32.7 Å². The molecule has 0 aliphatic carbocycles. The number of amides is 1. The van der Waals surface area contributed by atoms with E-state index in [0.29, 0.717) is 5.56 Å². The Labute approximate surface area is 129 Å². The molecule has 2 N–H and O–H groups in total. The van der Waals surface area contributed by atoms with E-state index in [1.807, 2.05) is 36.9 Å². The molecular formula is C16H21N5O. The van der Waals surface area contributed by atoms with Crippen LogP contribution in [0.4, 0.5) is 0 Å². The largest absolute Gasteiger partial charge is 0.338 e. The van der Waals surface area contributed by atoms with E-state index in [4.69, 9.17) is 5.73 Å². The molecule has 0 aromatic carbocycles. The quantitative estimate of drug-likeness (QED) is 0.910. The SMILES string of the molecule is Cc1cc(C)n(-c2ccc(C(=O)N3CCC(N)CC3)cn2)n1. The molecule has 0 bridgehead atoms. The molecule has 1 fully saturated rings. The summed E-state index contributed by atoms with van der Waals surface area (Å²) < 4.78 is 1.78. The van der Waals surface area contributed by atoms with E-state index in [1.165, 1.54) is 0 Å². The van der Waals surface area contributed by atoms with E-state index in [9.17, 15) is 4.79 Å². The van der Waals surface area contributed by atoms with Crippen LogP contribution in [-0.2, 0) is 0 Å². The molecule has 2 aromatic rings. The van der Waals surface area contributed by atoms with Crippen molar-refractivity contribution in [1.29, 1.82) is 0 Å². The van der Waals surface area contributed by atoms with Gasteiger partial charge >= 0.3 is 0 Å². The highest BCUT2D eigenvalue weighted by Gasteiger charge is 2.21. The summed E-state index contributed by atoms with van der Waals surface area (Å²) in [6, 6.07) is 5.87. The summed E-state index contributed by atoms with van der Waals surface area (Å²) in [4.78, 5) is 18.7. The zero-order valence-corrected chi connectivity index (χ0v) is 13.0. The lowest BCUT2D eigenvalue weighted by Crippen LogP contribution is -2.42. The van der Waals surface area contributed by atoms with E-state index in [2.05, 4.69) is 10.1 Å². The molecule has 22 heavy (non-hydrogen) atoms. The van der Waals surface area contributed by atoms with Gasteiger partial charge in [0.1, 0.15) is 0 Å². The van der Waals surface area contributed by atoms with Crippen LogP contribution in [0, 0.1) is 13.8 Å². The van der Waals surface area contributed by atoms with Crippen LogP contribution in [0.15, 0.2) is 24.4 Å². The molecule has 6 heteroatoms. The van der Waals surface area contributed by atoms with Gasteiger partial charge in [-0.05, 0) is 44.9 Å². The lowest BCUT2D eigenvalue weighted by Gasteiger charge is -2.30. The molecule has 1 aliphatic rings. The molecule has 3 heterocycles. The summed E-state index contributed by atoms with van der Waals surface area (Å²) in [6.45, 7) is 5.37. The van der Waals surface area contributed by atoms with Gasteiger partial charge in [-0.2, -0.15) is 5.10 Å². The molecule has 6 nitrogen and oxygen atoms in total. The number of nitrogens with two attached hydrogens (primary N) is 1. The van der Waals surface area contributed by atoms with Crippen molar-refractivity contribution >= 4 is 5.91 Å². The van der Waals surface area contributed by atoms with Crippen molar-refractivity contribution in [2.24, 2.45) is 5.73 Å². The molecule has 116 valence electrons. The zero-order chi connectivity index (χ0) is 15.7. The summed E-state index contributed by atoms with van der Waals surface area (Å²) in [5.74, 6) is 0.752. The molecule has 2 aromatic heterocycles. The van der Waals surface area contributed by atoms with Gasteiger partial charge in [-0.3, -0.25) is 4.79 Å². The zero-order valence-electron chi connectivity index (χ0n) is 13.0. The lowest BCUT2D eigenvalue weighted by atomic mass is 10.1. The first-order valence-electron chi connectivity index (χ1n) is 7.59. The van der Waals surface area contributed by atoms with Crippen molar-refractivity contribution in [3.05, 3.63) is 41.3 Å². The average molecular weight is 299 g/mol. The molecule has 3 rings (SSSR count). The number of carbonyl (C=O) groups is 1. The van der Waals surface area contributed by atoms with Crippen LogP contribution in [-0.4, -0.2) is 44.7 Å². The number of aryl methyl sites for hydroxylation is 2. The Kier molecular flexibility index (Phi) is 3.94. The van der Waals surface area contributed by atoms with Gasteiger partial charge in [0.2, 0.25) is 0 Å². The Morgan fingerprint density at radius 2 is 2.00 bits per heavy atom. The van der Waals surface area contributed by atoms with Crippen LogP contribution in [0.2, 0.25) is 0 Å². The Hall–Kier alpha value is -2.21. The summed E-state index contributed by atoms with van der Waals surface area (Å²) >= 11 is 0. The number of pyridine rings is 1. The second-order valence-corrected chi connectivity index (χ2v) is 5.87. The van der Waals surface area contributed by atoms with Gasteiger partial charge in [-0.15, -0.1) is 0 Å². The minimum absolute atomic E-state index is 0.0271. The van der Waals surface area contributed by atoms with Crippen molar-refractivity contribution < 1.29 is 4.79 Å². The Morgan fingerprint density at radius 3 is 2.55 bits per heavy atom. The summed E-state index contributed by atoms with van der Waals surface area (Å²) in [5, 5.41) is 4.40. The van der Waals surface area contributed by atoms with Gasteiger partial charge < -0.3 is 10.6 Å². The minimum Gasteiger partial charge on any atom is -0.338 e. The van der Waals surface area contributed by atoms with Crippen molar-refractivity contribution in [3.63, 3.8) is 0 Å². The number of likely N-dealkylation sites (tertiary alicyclic amines) is 1. The first-order chi connectivity index (χ1) is 10.5. The van der Waals surface area contributed by atoms with Crippen molar-refractivity contribution in [1.82, 2.24) is 19.7 Å². The fraction of sp³-hybridized carbons (Fsp3) is 0.438. The van der Waals surface area contributed by atoms with Gasteiger partial charge in [0.05, 0.1) is 11.3 Å². The Balaban J connectivity index is 1.76. The molecule has 1 aliphatic heterocycles. The second kappa shape index (κ2) is 5.88. The first kappa shape index (κ1) is 14.7. The van der Waals surface area contributed by atoms with Crippen LogP contribution >= 0.6 is 0 Å². The van der Waals surface area contributed by atoms with Gasteiger partial charge in [0.25, 0.3) is 5.91 Å². The number of hydrogen-bond acceptors (Lipinski definition) is 4. The highest BCUT2D eigenvalue weighted by atomic mass is 16.2. The normalized spacial score (nSPS) is 16.0. The number of hydrogen-bond donors (Lipinski definition) is 1. The molecule has 0 saturated carbocycles. The Bertz CT molecular complexity index is 668. The Morgan fingerprint density at radius 1 is 1.27 bits per heavy atom. The second-order valence-electron chi connectivity index (χ2n) is 5.87. The molecule has 1 saturated heterocycles. The third kappa shape index (κ3) is 2.87. The van der Waals surface area contributed by atoms with Gasteiger partial charge in [-0.1, -0.05) is 0 Å². The highest BCUT2D eigenvalue weighted by Crippen LogP contribution is 2.14. The maximum Gasteiger partial charge on any atom is 0.255 e. The summed E-state index contributed by atoms with van der Waals surface area (Å²) in [7, 11) is 0. The lowest BCUT2D eigenvalue weighted by molar-refractivity contribution is 0.0714. The molecular weight excluding hydrogens is 278 g/mol. The fourth-order valence-corrected chi connectivity index (χ4v) is 2.78. The maximum atomic E-state index is 12.4. The van der Waals surface area contributed by atoms with E-state index >= 15 is 0 Å². The van der Waals surface area contributed by atoms with Crippen LogP contribution in [0.3, 0.4) is 0 Å². The third-order valence-electron chi connectivity index (χ3n) is 4.05. The summed E-state index contributed by atoms with van der Waals surface area (Å²) in [6.07, 6.45) is 3.36. The number of aromatic nitrogens is 3. The van der Waals surface area contributed by atoms with E-state index < -0.39 is 0 Å². The van der Waals surface area contributed by atoms with Crippen molar-refractivity contribution in [2.75, 3.05) is 13.1 Å². The van der Waals surface area contributed by atoms with Crippen LogP contribution in [0.5, 0.6) is 0 Å². The van der Waals surface area contributed by atoms with Gasteiger partial charge in [0, 0.05) is 31.0 Å². The van der Waals surface area contributed by atoms with Gasteiger partial charge in [-0.25, -0.2) is 9.67 Å². The van der Waals surface area contributed by atoms with Crippen LogP contribution in [0.1, 0.15) is 34.6 Å². The van der Waals surface area contributed by atoms with E-state index in [0.717, 1.165) is 43.1 Å². The highest BCUT2D eigenvalue weighted by molar-refractivity contribution is 5.94. The average Bonchev–Trinajstić information content (AvgIpc) is 2.86. The predicted octanol–water partition coefficient (Wildman–Crippen LogP) is 1.45. The summed E-state index contributed by atoms with van der Waals surface area (Å²) in [5.41, 5.74) is 8.46. The van der Waals surface area contributed by atoms with E-state index in [-0.39, 0.29) is 11.9 Å². The molecule has 0 spiro atoms. The van der Waals surface area contributed by atoms with Gasteiger partial charge in [0.15, 0.2) is 5.82 Å². The molecule has 0 unspecified atom stereocenters. The fourth-order valence-electron chi connectivity index (χ4n) is 2.78. The van der Waals surface area contributed by atoms with E-state index in [1.54, 1.807) is 10.9 Å². The predicted molar refractivity (Wildman–Crippen MR) is 83.9 cm³/mol. The third-order valence-corrected chi connectivity index (χ3v) is 4.05. The monoisotopic (exact) mass is 299 g/mol. The first-order valence-corrected chi connectivity index (χ1v) is 7.59. The van der Waals surface area contributed by atoms with Crippen LogP contribution in [0.25, 0.3) is 5.82 Å².